The molecule has 0 saturated carbocycles. The minimum Gasteiger partial charge on any atom is -0.478 e. The lowest BCUT2D eigenvalue weighted by Gasteiger charge is -2.11. The fourth-order valence-electron chi connectivity index (χ4n) is 1.13. The van der Waals surface area contributed by atoms with E-state index in [1.807, 2.05) is 13.8 Å². The molecule has 0 aromatic heterocycles. The van der Waals surface area contributed by atoms with Gasteiger partial charge in [0.25, 0.3) is 0 Å². The highest BCUT2D eigenvalue weighted by atomic mass is 16.4. The van der Waals surface area contributed by atoms with E-state index < -0.39 is 5.97 Å². The summed E-state index contributed by atoms with van der Waals surface area (Å²) in [5.74, 6) is -0.730. The van der Waals surface area contributed by atoms with Crippen molar-refractivity contribution >= 4 is 5.97 Å². The highest BCUT2D eigenvalue weighted by Crippen LogP contribution is 2.20. The van der Waals surface area contributed by atoms with Crippen LogP contribution in [-0.4, -0.2) is 11.1 Å². The SMILES string of the molecule is C=C/C(C(=O)O)=C(\C=C)C(C)CC. The predicted octanol–water partition coefficient (Wildman–Crippen LogP) is 2.79. The van der Waals surface area contributed by atoms with Crippen LogP contribution in [0.4, 0.5) is 0 Å². The van der Waals surface area contributed by atoms with E-state index in [0.29, 0.717) is 0 Å². The first-order valence-corrected chi connectivity index (χ1v) is 4.30. The van der Waals surface area contributed by atoms with Crippen LogP contribution >= 0.6 is 0 Å². The number of hydrogen-bond acceptors (Lipinski definition) is 1. The van der Waals surface area contributed by atoms with Crippen LogP contribution in [-0.2, 0) is 4.79 Å². The van der Waals surface area contributed by atoms with E-state index in [0.717, 1.165) is 12.0 Å². The molecule has 13 heavy (non-hydrogen) atoms. The zero-order valence-corrected chi connectivity index (χ0v) is 8.21. The Kier molecular flexibility index (Phi) is 4.82. The van der Waals surface area contributed by atoms with E-state index in [2.05, 4.69) is 13.2 Å². The van der Waals surface area contributed by atoms with Crippen LogP contribution in [0.25, 0.3) is 0 Å². The van der Waals surface area contributed by atoms with Gasteiger partial charge in [0.1, 0.15) is 0 Å². The Labute approximate surface area is 79.3 Å². The van der Waals surface area contributed by atoms with Gasteiger partial charge in [-0.05, 0) is 17.9 Å². The largest absolute Gasteiger partial charge is 0.478 e. The molecule has 0 spiro atoms. The molecule has 0 amide bonds. The first-order chi connectivity index (χ1) is 6.08. The van der Waals surface area contributed by atoms with Crippen molar-refractivity contribution in [3.05, 3.63) is 36.5 Å². The average Bonchev–Trinajstić information content (AvgIpc) is 2.12. The summed E-state index contributed by atoms with van der Waals surface area (Å²) in [4.78, 5) is 10.8. The first kappa shape index (κ1) is 11.7. The molecule has 1 N–H and O–H groups in total. The number of rotatable bonds is 5. The van der Waals surface area contributed by atoms with Gasteiger partial charge in [-0.2, -0.15) is 0 Å². The van der Waals surface area contributed by atoms with Gasteiger partial charge in [0.2, 0.25) is 0 Å². The van der Waals surface area contributed by atoms with Crippen LogP contribution in [0.2, 0.25) is 0 Å². The summed E-state index contributed by atoms with van der Waals surface area (Å²) in [5.41, 5.74) is 1.01. The fraction of sp³-hybridized carbons (Fsp3) is 0.364. The topological polar surface area (TPSA) is 37.3 Å². The van der Waals surface area contributed by atoms with Gasteiger partial charge >= 0.3 is 5.97 Å². The van der Waals surface area contributed by atoms with Crippen LogP contribution in [0, 0.1) is 5.92 Å². The van der Waals surface area contributed by atoms with Crippen LogP contribution in [0.5, 0.6) is 0 Å². The molecule has 1 unspecified atom stereocenters. The highest BCUT2D eigenvalue weighted by molar-refractivity contribution is 5.91. The van der Waals surface area contributed by atoms with Gasteiger partial charge in [-0.3, -0.25) is 0 Å². The van der Waals surface area contributed by atoms with Gasteiger partial charge in [-0.25, -0.2) is 4.79 Å². The lowest BCUT2D eigenvalue weighted by Crippen LogP contribution is -2.06. The second kappa shape index (κ2) is 5.36. The first-order valence-electron chi connectivity index (χ1n) is 4.30. The molecular formula is C11H16O2. The van der Waals surface area contributed by atoms with Crippen LogP contribution in [0.3, 0.4) is 0 Å². The summed E-state index contributed by atoms with van der Waals surface area (Å²) >= 11 is 0. The zero-order valence-electron chi connectivity index (χ0n) is 8.21. The van der Waals surface area contributed by atoms with E-state index in [4.69, 9.17) is 5.11 Å². The average molecular weight is 180 g/mol. The molecule has 0 saturated heterocycles. The van der Waals surface area contributed by atoms with Gasteiger partial charge in [0.05, 0.1) is 5.57 Å². The lowest BCUT2D eigenvalue weighted by molar-refractivity contribution is -0.132. The molecule has 0 aliphatic heterocycles. The third-order valence-corrected chi connectivity index (χ3v) is 2.11. The van der Waals surface area contributed by atoms with Gasteiger partial charge in [-0.15, -0.1) is 0 Å². The number of carbonyl (C=O) groups is 1. The Hall–Kier alpha value is -1.31. The van der Waals surface area contributed by atoms with Gasteiger partial charge in [-0.1, -0.05) is 39.2 Å². The van der Waals surface area contributed by atoms with Crippen LogP contribution < -0.4 is 0 Å². The minimum absolute atomic E-state index is 0.210. The number of carboxylic acids is 1. The zero-order chi connectivity index (χ0) is 10.4. The van der Waals surface area contributed by atoms with Crippen LogP contribution in [0.1, 0.15) is 20.3 Å². The van der Waals surface area contributed by atoms with E-state index in [1.165, 1.54) is 6.08 Å². The van der Waals surface area contributed by atoms with E-state index >= 15 is 0 Å². The summed E-state index contributed by atoms with van der Waals surface area (Å²) in [6, 6.07) is 0. The van der Waals surface area contributed by atoms with E-state index in [9.17, 15) is 4.79 Å². The Morgan fingerprint density at radius 2 is 2.00 bits per heavy atom. The Bertz CT molecular complexity index is 249. The molecule has 0 aliphatic rings. The molecule has 2 nitrogen and oxygen atoms in total. The number of carboxylic acid groups (broad SMARTS) is 1. The van der Waals surface area contributed by atoms with Gasteiger partial charge in [0, 0.05) is 0 Å². The molecule has 0 fully saturated rings. The van der Waals surface area contributed by atoms with Crippen LogP contribution in [0.15, 0.2) is 36.5 Å². The molecule has 0 aromatic rings. The number of allylic oxidation sites excluding steroid dienone is 2. The number of aliphatic carboxylic acids is 1. The lowest BCUT2D eigenvalue weighted by atomic mass is 9.93. The van der Waals surface area contributed by atoms with E-state index in [-0.39, 0.29) is 11.5 Å². The summed E-state index contributed by atoms with van der Waals surface area (Å²) in [5, 5.41) is 8.84. The molecule has 0 radical (unpaired) electrons. The van der Waals surface area contributed by atoms with Crippen molar-refractivity contribution in [2.24, 2.45) is 5.92 Å². The number of hydrogen-bond donors (Lipinski definition) is 1. The Morgan fingerprint density at radius 3 is 2.23 bits per heavy atom. The van der Waals surface area contributed by atoms with Crippen molar-refractivity contribution < 1.29 is 9.90 Å². The summed E-state index contributed by atoms with van der Waals surface area (Å²) in [6.07, 6.45) is 3.86. The van der Waals surface area contributed by atoms with Gasteiger partial charge < -0.3 is 5.11 Å². The maximum Gasteiger partial charge on any atom is 0.335 e. The maximum absolute atomic E-state index is 10.8. The van der Waals surface area contributed by atoms with Crippen molar-refractivity contribution in [2.45, 2.75) is 20.3 Å². The minimum atomic E-state index is -0.940. The third kappa shape index (κ3) is 2.90. The molecule has 0 rings (SSSR count). The maximum atomic E-state index is 10.8. The highest BCUT2D eigenvalue weighted by Gasteiger charge is 2.12. The normalized spacial score (nSPS) is 14.3. The molecule has 0 aliphatic carbocycles. The molecular weight excluding hydrogens is 164 g/mol. The molecule has 0 bridgehead atoms. The predicted molar refractivity (Wildman–Crippen MR) is 54.5 cm³/mol. The van der Waals surface area contributed by atoms with Gasteiger partial charge in [0.15, 0.2) is 0 Å². The summed E-state index contributed by atoms with van der Waals surface area (Å²) in [7, 11) is 0. The monoisotopic (exact) mass is 180 g/mol. The second-order valence-corrected chi connectivity index (χ2v) is 2.89. The van der Waals surface area contributed by atoms with E-state index in [1.54, 1.807) is 6.08 Å². The quantitative estimate of drug-likeness (QED) is 0.521. The molecule has 1 atom stereocenters. The summed E-state index contributed by atoms with van der Waals surface area (Å²) < 4.78 is 0. The molecule has 2 heteroatoms. The summed E-state index contributed by atoms with van der Waals surface area (Å²) in [6.45, 7) is 11.1. The van der Waals surface area contributed by atoms with Crippen molar-refractivity contribution in [3.8, 4) is 0 Å². The van der Waals surface area contributed by atoms with Crippen molar-refractivity contribution in [1.82, 2.24) is 0 Å². The van der Waals surface area contributed by atoms with Crippen molar-refractivity contribution in [2.75, 3.05) is 0 Å². The Morgan fingerprint density at radius 1 is 1.46 bits per heavy atom. The smallest absolute Gasteiger partial charge is 0.335 e. The van der Waals surface area contributed by atoms with Crippen molar-refractivity contribution in [1.29, 1.82) is 0 Å². The molecule has 72 valence electrons. The second-order valence-electron chi connectivity index (χ2n) is 2.89. The third-order valence-electron chi connectivity index (χ3n) is 2.11. The van der Waals surface area contributed by atoms with Crippen molar-refractivity contribution in [3.63, 3.8) is 0 Å². The fourth-order valence-corrected chi connectivity index (χ4v) is 1.13. The standard InChI is InChI=1S/C11H16O2/c1-5-8(4)9(6-2)10(7-3)11(12)13/h6-8H,2-3,5H2,1,4H3,(H,12,13)/b10-9-. The Balaban J connectivity index is 5.16. The molecule has 0 aromatic carbocycles. The molecule has 0 heterocycles.